The van der Waals surface area contributed by atoms with Gasteiger partial charge in [0.2, 0.25) is 6.41 Å². The average Bonchev–Trinajstić information content (AvgIpc) is 2.41. The molecule has 1 aromatic carbocycles. The molecule has 1 saturated carbocycles. The van der Waals surface area contributed by atoms with Gasteiger partial charge in [-0.1, -0.05) is 37.0 Å². The van der Waals surface area contributed by atoms with Crippen molar-refractivity contribution in [1.29, 1.82) is 0 Å². The number of aryl methyl sites for hydroxylation is 1. The number of nitrogens with zero attached hydrogens (tertiary/aromatic N) is 1. The first-order chi connectivity index (χ1) is 9.05. The van der Waals surface area contributed by atoms with E-state index in [1.165, 1.54) is 0 Å². The third-order valence-electron chi connectivity index (χ3n) is 3.63. The fourth-order valence-electron chi connectivity index (χ4n) is 2.51. The van der Waals surface area contributed by atoms with Crippen LogP contribution in [-0.4, -0.2) is 25.2 Å². The van der Waals surface area contributed by atoms with Crippen LogP contribution in [0.3, 0.4) is 0 Å². The van der Waals surface area contributed by atoms with Gasteiger partial charge in [-0.15, -0.1) is 0 Å². The van der Waals surface area contributed by atoms with E-state index >= 15 is 0 Å². The summed E-state index contributed by atoms with van der Waals surface area (Å²) >= 11 is 0. The SMILES string of the molecule is Cc1ccc(S(=O)(=O)N(C=O)C2CCCCC2)cc1. The Bertz CT molecular complexity index is 530. The Morgan fingerprint density at radius 2 is 1.68 bits per heavy atom. The van der Waals surface area contributed by atoms with Crippen LogP contribution in [0.25, 0.3) is 0 Å². The summed E-state index contributed by atoms with van der Waals surface area (Å²) in [5.41, 5.74) is 0.995. The lowest BCUT2D eigenvalue weighted by Gasteiger charge is -2.30. The number of carbonyl (C=O) groups excluding carboxylic acids is 1. The van der Waals surface area contributed by atoms with Crippen molar-refractivity contribution in [3.8, 4) is 0 Å². The number of benzene rings is 1. The quantitative estimate of drug-likeness (QED) is 0.797. The lowest BCUT2D eigenvalue weighted by Crippen LogP contribution is -2.40. The highest BCUT2D eigenvalue weighted by Gasteiger charge is 2.30. The van der Waals surface area contributed by atoms with E-state index in [1.807, 2.05) is 6.92 Å². The molecule has 0 bridgehead atoms. The van der Waals surface area contributed by atoms with Crippen LogP contribution in [0.4, 0.5) is 0 Å². The van der Waals surface area contributed by atoms with Crippen LogP contribution >= 0.6 is 0 Å². The summed E-state index contributed by atoms with van der Waals surface area (Å²) in [6.07, 6.45) is 5.09. The van der Waals surface area contributed by atoms with Gasteiger partial charge in [-0.3, -0.25) is 4.79 Å². The van der Waals surface area contributed by atoms with Crippen LogP contribution in [-0.2, 0) is 14.8 Å². The Morgan fingerprint density at radius 3 is 2.21 bits per heavy atom. The second kappa shape index (κ2) is 5.74. The normalized spacial score (nSPS) is 17.1. The maximum absolute atomic E-state index is 12.5. The molecule has 0 aromatic heterocycles. The van der Waals surface area contributed by atoms with Crippen molar-refractivity contribution in [3.05, 3.63) is 29.8 Å². The van der Waals surface area contributed by atoms with Crippen LogP contribution in [0.2, 0.25) is 0 Å². The van der Waals surface area contributed by atoms with E-state index < -0.39 is 10.0 Å². The molecular weight excluding hydrogens is 262 g/mol. The van der Waals surface area contributed by atoms with Gasteiger partial charge < -0.3 is 0 Å². The standard InChI is InChI=1S/C14H19NO3S/c1-12-7-9-14(10-8-12)19(17,18)15(11-16)13-5-3-2-4-6-13/h7-11,13H,2-6H2,1H3. The lowest BCUT2D eigenvalue weighted by atomic mass is 9.96. The van der Waals surface area contributed by atoms with Gasteiger partial charge in [-0.25, -0.2) is 12.7 Å². The van der Waals surface area contributed by atoms with Gasteiger partial charge in [0.25, 0.3) is 10.0 Å². The number of amides is 1. The molecule has 0 saturated heterocycles. The third-order valence-corrected chi connectivity index (χ3v) is 5.44. The van der Waals surface area contributed by atoms with Crippen molar-refractivity contribution in [2.75, 3.05) is 0 Å². The zero-order chi connectivity index (χ0) is 13.9. The fraction of sp³-hybridized carbons (Fsp3) is 0.500. The van der Waals surface area contributed by atoms with E-state index in [1.54, 1.807) is 24.3 Å². The predicted octanol–water partition coefficient (Wildman–Crippen LogP) is 2.47. The molecule has 0 radical (unpaired) electrons. The Balaban J connectivity index is 2.30. The Labute approximate surface area is 114 Å². The van der Waals surface area contributed by atoms with Crippen molar-refractivity contribution < 1.29 is 13.2 Å². The average molecular weight is 281 g/mol. The van der Waals surface area contributed by atoms with Gasteiger partial charge in [-0.2, -0.15) is 0 Å². The van der Waals surface area contributed by atoms with Gasteiger partial charge in [0.05, 0.1) is 4.90 Å². The lowest BCUT2D eigenvalue weighted by molar-refractivity contribution is -0.115. The highest BCUT2D eigenvalue weighted by Crippen LogP contribution is 2.26. The summed E-state index contributed by atoms with van der Waals surface area (Å²) in [7, 11) is -3.70. The van der Waals surface area contributed by atoms with E-state index in [0.717, 1.165) is 42.0 Å². The molecule has 0 atom stereocenters. The minimum absolute atomic E-state index is 0.183. The highest BCUT2D eigenvalue weighted by atomic mass is 32.2. The van der Waals surface area contributed by atoms with Gasteiger partial charge in [-0.05, 0) is 31.9 Å². The molecule has 0 aliphatic heterocycles. The van der Waals surface area contributed by atoms with Crippen molar-refractivity contribution >= 4 is 16.4 Å². The molecule has 1 fully saturated rings. The van der Waals surface area contributed by atoms with Crippen molar-refractivity contribution in [3.63, 3.8) is 0 Å². The summed E-state index contributed by atoms with van der Waals surface area (Å²) in [5, 5.41) is 0. The summed E-state index contributed by atoms with van der Waals surface area (Å²) in [5.74, 6) is 0. The first-order valence-corrected chi connectivity index (χ1v) is 8.05. The number of rotatable bonds is 4. The van der Waals surface area contributed by atoms with Gasteiger partial charge in [0.15, 0.2) is 0 Å². The molecule has 1 amide bonds. The zero-order valence-electron chi connectivity index (χ0n) is 11.1. The maximum Gasteiger partial charge on any atom is 0.266 e. The topological polar surface area (TPSA) is 54.5 Å². The van der Waals surface area contributed by atoms with E-state index in [2.05, 4.69) is 0 Å². The monoisotopic (exact) mass is 281 g/mol. The molecule has 1 aromatic rings. The van der Waals surface area contributed by atoms with Crippen LogP contribution in [0.15, 0.2) is 29.2 Å². The molecule has 0 spiro atoms. The number of sulfonamides is 1. The van der Waals surface area contributed by atoms with Crippen LogP contribution < -0.4 is 0 Å². The van der Waals surface area contributed by atoms with Gasteiger partial charge in [0, 0.05) is 6.04 Å². The predicted molar refractivity (Wildman–Crippen MR) is 73.1 cm³/mol. The molecular formula is C14H19NO3S. The van der Waals surface area contributed by atoms with E-state index in [4.69, 9.17) is 0 Å². The smallest absolute Gasteiger partial charge is 0.266 e. The maximum atomic E-state index is 12.5. The second-order valence-electron chi connectivity index (χ2n) is 5.05. The third kappa shape index (κ3) is 2.97. The summed E-state index contributed by atoms with van der Waals surface area (Å²) in [4.78, 5) is 11.4. The number of carbonyl (C=O) groups is 1. The number of hydrogen-bond acceptors (Lipinski definition) is 3. The molecule has 104 valence electrons. The van der Waals surface area contributed by atoms with Crippen LogP contribution in [0, 0.1) is 6.92 Å². The highest BCUT2D eigenvalue weighted by molar-refractivity contribution is 7.89. The molecule has 4 nitrogen and oxygen atoms in total. The first kappa shape index (κ1) is 14.1. The van der Waals surface area contributed by atoms with Crippen molar-refractivity contribution in [2.45, 2.75) is 50.0 Å². The zero-order valence-corrected chi connectivity index (χ0v) is 11.9. The first-order valence-electron chi connectivity index (χ1n) is 6.61. The van der Waals surface area contributed by atoms with Crippen molar-refractivity contribution in [2.24, 2.45) is 0 Å². The minimum Gasteiger partial charge on any atom is -0.278 e. The molecule has 19 heavy (non-hydrogen) atoms. The molecule has 0 unspecified atom stereocenters. The second-order valence-corrected chi connectivity index (χ2v) is 6.89. The summed E-state index contributed by atoms with van der Waals surface area (Å²) in [6, 6.07) is 6.43. The largest absolute Gasteiger partial charge is 0.278 e. The van der Waals surface area contributed by atoms with Crippen LogP contribution in [0.1, 0.15) is 37.7 Å². The van der Waals surface area contributed by atoms with Gasteiger partial charge in [0.1, 0.15) is 0 Å². The molecule has 5 heteroatoms. The Morgan fingerprint density at radius 1 is 1.11 bits per heavy atom. The van der Waals surface area contributed by atoms with Gasteiger partial charge >= 0.3 is 0 Å². The molecule has 1 aliphatic carbocycles. The molecule has 0 N–H and O–H groups in total. The number of hydrogen-bond donors (Lipinski definition) is 0. The van der Waals surface area contributed by atoms with E-state index in [0.29, 0.717) is 6.41 Å². The Hall–Kier alpha value is -1.36. The van der Waals surface area contributed by atoms with E-state index in [9.17, 15) is 13.2 Å². The van der Waals surface area contributed by atoms with Crippen LogP contribution in [0.5, 0.6) is 0 Å². The van der Waals surface area contributed by atoms with E-state index in [-0.39, 0.29) is 10.9 Å². The summed E-state index contributed by atoms with van der Waals surface area (Å²) in [6.45, 7) is 1.90. The summed E-state index contributed by atoms with van der Waals surface area (Å²) < 4.78 is 25.9. The molecule has 2 rings (SSSR count). The minimum atomic E-state index is -3.70. The Kier molecular flexibility index (Phi) is 4.24. The fourth-order valence-corrected chi connectivity index (χ4v) is 3.95. The molecule has 1 aliphatic rings. The van der Waals surface area contributed by atoms with Crippen molar-refractivity contribution in [1.82, 2.24) is 4.31 Å². The molecule has 0 heterocycles.